The van der Waals surface area contributed by atoms with E-state index in [0.29, 0.717) is 24.3 Å². The SMILES string of the molecule is CN(C)CCCCCn1ccc2cc(-c3ncc(C(F)(F)F)cn3)c(F)cc2c1=O. The molecule has 0 aliphatic heterocycles. The molecular formula is C21H22F4N4O. The van der Waals surface area contributed by atoms with E-state index < -0.39 is 17.6 Å². The lowest BCUT2D eigenvalue weighted by atomic mass is 10.1. The molecule has 0 bridgehead atoms. The highest BCUT2D eigenvalue weighted by Gasteiger charge is 2.31. The number of hydrogen-bond donors (Lipinski definition) is 0. The standard InChI is InChI=1S/C21H22F4N4O/c1-28(2)7-4-3-5-8-29-9-6-14-10-17(18(22)11-16(14)20(29)30)19-26-12-15(13-27-19)21(23,24)25/h6,9-13H,3-5,7-8H2,1-2H3. The number of aryl methyl sites for hydroxylation is 1. The average molecular weight is 422 g/mol. The number of hydrogen-bond acceptors (Lipinski definition) is 4. The fourth-order valence-electron chi connectivity index (χ4n) is 3.15. The molecule has 0 N–H and O–H groups in total. The van der Waals surface area contributed by atoms with Crippen molar-refractivity contribution >= 4 is 10.8 Å². The molecule has 3 rings (SSSR count). The second kappa shape index (κ2) is 8.91. The van der Waals surface area contributed by atoms with Gasteiger partial charge in [0.05, 0.1) is 16.5 Å². The molecule has 0 atom stereocenters. The van der Waals surface area contributed by atoms with Gasteiger partial charge in [0.2, 0.25) is 0 Å². The number of nitrogens with zero attached hydrogens (tertiary/aromatic N) is 4. The minimum Gasteiger partial charge on any atom is -0.315 e. The molecule has 0 saturated heterocycles. The maximum absolute atomic E-state index is 14.6. The van der Waals surface area contributed by atoms with Gasteiger partial charge in [-0.1, -0.05) is 6.42 Å². The first-order valence-corrected chi connectivity index (χ1v) is 9.54. The Bertz CT molecular complexity index is 1080. The van der Waals surface area contributed by atoms with Crippen molar-refractivity contribution in [1.82, 2.24) is 19.4 Å². The summed E-state index contributed by atoms with van der Waals surface area (Å²) in [6, 6.07) is 4.16. The number of halogens is 4. The van der Waals surface area contributed by atoms with Gasteiger partial charge in [-0.25, -0.2) is 14.4 Å². The Hall–Kier alpha value is -2.81. The largest absolute Gasteiger partial charge is 0.419 e. The molecule has 2 aromatic heterocycles. The monoisotopic (exact) mass is 422 g/mol. The van der Waals surface area contributed by atoms with Crippen LogP contribution in [-0.4, -0.2) is 40.1 Å². The van der Waals surface area contributed by atoms with Crippen LogP contribution in [-0.2, 0) is 12.7 Å². The van der Waals surface area contributed by atoms with Gasteiger partial charge in [-0.05, 0) is 57.1 Å². The zero-order valence-corrected chi connectivity index (χ0v) is 16.7. The highest BCUT2D eigenvalue weighted by Crippen LogP contribution is 2.29. The molecular weight excluding hydrogens is 400 g/mol. The summed E-state index contributed by atoms with van der Waals surface area (Å²) in [6.45, 7) is 1.51. The molecule has 9 heteroatoms. The summed E-state index contributed by atoms with van der Waals surface area (Å²) < 4.78 is 54.2. The van der Waals surface area contributed by atoms with Crippen LogP contribution < -0.4 is 5.56 Å². The van der Waals surface area contributed by atoms with Crippen LogP contribution in [0.15, 0.2) is 41.6 Å². The molecule has 2 heterocycles. The van der Waals surface area contributed by atoms with Crippen LogP contribution in [0.2, 0.25) is 0 Å². The zero-order chi connectivity index (χ0) is 21.9. The number of unbranched alkanes of at least 4 members (excludes halogenated alkanes) is 2. The number of fused-ring (bicyclic) bond motifs is 1. The maximum Gasteiger partial charge on any atom is 0.419 e. The van der Waals surface area contributed by atoms with Crippen LogP contribution in [0.3, 0.4) is 0 Å². The summed E-state index contributed by atoms with van der Waals surface area (Å²) in [5, 5.41) is 0.683. The van der Waals surface area contributed by atoms with Gasteiger partial charge in [-0.3, -0.25) is 4.79 Å². The van der Waals surface area contributed by atoms with Crippen LogP contribution in [0.4, 0.5) is 17.6 Å². The number of alkyl halides is 3. The van der Waals surface area contributed by atoms with Crippen LogP contribution >= 0.6 is 0 Å². The molecule has 0 aliphatic carbocycles. The fourth-order valence-corrected chi connectivity index (χ4v) is 3.15. The van der Waals surface area contributed by atoms with Crippen molar-refractivity contribution in [2.75, 3.05) is 20.6 Å². The summed E-state index contributed by atoms with van der Waals surface area (Å²) in [4.78, 5) is 22.1. The molecule has 0 radical (unpaired) electrons. The van der Waals surface area contributed by atoms with E-state index in [0.717, 1.165) is 31.9 Å². The second-order valence-electron chi connectivity index (χ2n) is 7.39. The minimum atomic E-state index is -4.57. The smallest absolute Gasteiger partial charge is 0.315 e. The van der Waals surface area contributed by atoms with E-state index in [1.54, 1.807) is 16.8 Å². The van der Waals surface area contributed by atoms with Gasteiger partial charge in [0.1, 0.15) is 5.82 Å². The van der Waals surface area contributed by atoms with E-state index in [-0.39, 0.29) is 22.3 Å². The van der Waals surface area contributed by atoms with Gasteiger partial charge in [-0.15, -0.1) is 0 Å². The number of rotatable bonds is 7. The lowest BCUT2D eigenvalue weighted by Gasteiger charge is -2.11. The molecule has 0 fully saturated rings. The van der Waals surface area contributed by atoms with E-state index in [1.807, 2.05) is 14.1 Å². The first-order valence-electron chi connectivity index (χ1n) is 9.54. The molecule has 160 valence electrons. The quantitative estimate of drug-likeness (QED) is 0.420. The Morgan fingerprint density at radius 3 is 2.40 bits per heavy atom. The summed E-state index contributed by atoms with van der Waals surface area (Å²) >= 11 is 0. The molecule has 0 saturated carbocycles. The topological polar surface area (TPSA) is 51.0 Å². The third-order valence-electron chi connectivity index (χ3n) is 4.79. The summed E-state index contributed by atoms with van der Waals surface area (Å²) in [6.07, 6.45) is 1.13. The Labute approximate surface area is 171 Å². The molecule has 0 unspecified atom stereocenters. The van der Waals surface area contributed by atoms with Gasteiger partial charge in [0.25, 0.3) is 5.56 Å². The van der Waals surface area contributed by atoms with E-state index in [4.69, 9.17) is 0 Å². The number of pyridine rings is 1. The van der Waals surface area contributed by atoms with Gasteiger partial charge in [-0.2, -0.15) is 13.2 Å². The third kappa shape index (κ3) is 5.02. The van der Waals surface area contributed by atoms with Crippen LogP contribution in [0.25, 0.3) is 22.2 Å². The summed E-state index contributed by atoms with van der Waals surface area (Å²) in [5.74, 6) is -0.935. The second-order valence-corrected chi connectivity index (χ2v) is 7.39. The molecule has 0 aliphatic rings. The van der Waals surface area contributed by atoms with E-state index in [1.165, 1.54) is 6.07 Å². The van der Waals surface area contributed by atoms with Crippen LogP contribution in [0.5, 0.6) is 0 Å². The molecule has 0 spiro atoms. The van der Waals surface area contributed by atoms with E-state index >= 15 is 0 Å². The Morgan fingerprint density at radius 1 is 1.07 bits per heavy atom. The summed E-state index contributed by atoms with van der Waals surface area (Å²) in [7, 11) is 4.01. The van der Waals surface area contributed by atoms with Gasteiger partial charge in [0, 0.05) is 25.1 Å². The van der Waals surface area contributed by atoms with E-state index in [9.17, 15) is 22.4 Å². The average Bonchev–Trinajstić information content (AvgIpc) is 2.68. The van der Waals surface area contributed by atoms with Crippen LogP contribution in [0.1, 0.15) is 24.8 Å². The van der Waals surface area contributed by atoms with Crippen molar-refractivity contribution in [3.8, 4) is 11.4 Å². The maximum atomic E-state index is 14.6. The highest BCUT2D eigenvalue weighted by atomic mass is 19.4. The van der Waals surface area contributed by atoms with Crippen molar-refractivity contribution in [2.45, 2.75) is 32.0 Å². The Morgan fingerprint density at radius 2 is 1.77 bits per heavy atom. The predicted octanol–water partition coefficient (Wildman–Crippen LogP) is 4.35. The number of aromatic nitrogens is 3. The highest BCUT2D eigenvalue weighted by molar-refractivity contribution is 5.85. The molecule has 30 heavy (non-hydrogen) atoms. The van der Waals surface area contributed by atoms with Crippen molar-refractivity contribution in [3.63, 3.8) is 0 Å². The predicted molar refractivity (Wildman–Crippen MR) is 107 cm³/mol. The van der Waals surface area contributed by atoms with Gasteiger partial charge >= 0.3 is 6.18 Å². The van der Waals surface area contributed by atoms with Crippen molar-refractivity contribution in [3.05, 3.63) is 58.5 Å². The van der Waals surface area contributed by atoms with E-state index in [2.05, 4.69) is 14.9 Å². The van der Waals surface area contributed by atoms with Crippen molar-refractivity contribution in [1.29, 1.82) is 0 Å². The lowest BCUT2D eigenvalue weighted by Crippen LogP contribution is -2.20. The summed E-state index contributed by atoms with van der Waals surface area (Å²) in [5.41, 5.74) is -1.38. The Kier molecular flexibility index (Phi) is 6.50. The lowest BCUT2D eigenvalue weighted by molar-refractivity contribution is -0.138. The van der Waals surface area contributed by atoms with Gasteiger partial charge in [0.15, 0.2) is 5.82 Å². The fraction of sp³-hybridized carbons (Fsp3) is 0.381. The number of benzene rings is 1. The third-order valence-corrected chi connectivity index (χ3v) is 4.79. The van der Waals surface area contributed by atoms with Crippen molar-refractivity contribution < 1.29 is 17.6 Å². The minimum absolute atomic E-state index is 0.0583. The Balaban J connectivity index is 1.83. The van der Waals surface area contributed by atoms with Gasteiger partial charge < -0.3 is 9.47 Å². The molecule has 5 nitrogen and oxygen atoms in total. The first-order chi connectivity index (χ1) is 14.2. The first kappa shape index (κ1) is 21.9. The molecule has 0 amide bonds. The van der Waals surface area contributed by atoms with Crippen molar-refractivity contribution in [2.24, 2.45) is 0 Å². The van der Waals surface area contributed by atoms with Crippen LogP contribution in [0, 0.1) is 5.82 Å². The molecule has 3 aromatic rings. The zero-order valence-electron chi connectivity index (χ0n) is 16.7. The molecule has 1 aromatic carbocycles. The normalized spacial score (nSPS) is 12.1.